The van der Waals surface area contributed by atoms with Crippen molar-refractivity contribution in [3.63, 3.8) is 0 Å². The summed E-state index contributed by atoms with van der Waals surface area (Å²) in [7, 11) is 0. The van der Waals surface area contributed by atoms with Crippen molar-refractivity contribution < 1.29 is 19.1 Å². The highest BCUT2D eigenvalue weighted by Crippen LogP contribution is 2.53. The van der Waals surface area contributed by atoms with Crippen LogP contribution in [0.1, 0.15) is 39.2 Å². The number of likely N-dealkylation sites (tertiary alicyclic amines) is 1. The van der Waals surface area contributed by atoms with Crippen LogP contribution in [0.5, 0.6) is 0 Å². The minimum atomic E-state index is -0.491. The lowest BCUT2D eigenvalue weighted by Crippen LogP contribution is -2.36. The standard InChI is InChI=1S/C19H26N2O4/c1-18(2,3)25-17(23)21-10-9-19(13-21)11-15(19)20-16(22)24-12-14-7-5-4-6-8-14/h4-8,15H,9-13H2,1-3H3,(H,20,22)/t15-,19-/m1/s1. The van der Waals surface area contributed by atoms with Gasteiger partial charge in [-0.1, -0.05) is 30.3 Å². The first kappa shape index (κ1) is 17.6. The number of amides is 2. The Hall–Kier alpha value is -2.24. The van der Waals surface area contributed by atoms with Crippen LogP contribution in [-0.4, -0.2) is 41.8 Å². The van der Waals surface area contributed by atoms with E-state index in [1.54, 1.807) is 4.90 Å². The molecule has 0 bridgehead atoms. The lowest BCUT2D eigenvalue weighted by molar-refractivity contribution is 0.0285. The summed E-state index contributed by atoms with van der Waals surface area (Å²) in [5.41, 5.74) is 0.456. The third-order valence-corrected chi connectivity index (χ3v) is 4.73. The van der Waals surface area contributed by atoms with Crippen LogP contribution in [0.3, 0.4) is 0 Å². The Morgan fingerprint density at radius 2 is 2.00 bits per heavy atom. The highest BCUT2D eigenvalue weighted by molar-refractivity contribution is 5.70. The summed E-state index contributed by atoms with van der Waals surface area (Å²) in [6, 6.07) is 9.66. The van der Waals surface area contributed by atoms with Gasteiger partial charge in [0.1, 0.15) is 12.2 Å². The Morgan fingerprint density at radius 3 is 2.68 bits per heavy atom. The van der Waals surface area contributed by atoms with Gasteiger partial charge >= 0.3 is 12.2 Å². The van der Waals surface area contributed by atoms with E-state index in [-0.39, 0.29) is 24.2 Å². The minimum absolute atomic E-state index is 0.0112. The molecule has 2 fully saturated rings. The normalized spacial score (nSPS) is 24.9. The summed E-state index contributed by atoms with van der Waals surface area (Å²) in [6.45, 7) is 7.15. The summed E-state index contributed by atoms with van der Waals surface area (Å²) >= 11 is 0. The molecule has 0 aromatic heterocycles. The van der Waals surface area contributed by atoms with E-state index in [1.807, 2.05) is 51.1 Å². The third-order valence-electron chi connectivity index (χ3n) is 4.73. The molecule has 6 nitrogen and oxygen atoms in total. The second kappa shape index (κ2) is 6.58. The van der Waals surface area contributed by atoms with E-state index in [1.165, 1.54) is 0 Å². The zero-order chi connectivity index (χ0) is 18.1. The summed E-state index contributed by atoms with van der Waals surface area (Å²) in [5, 5.41) is 2.92. The van der Waals surface area contributed by atoms with Gasteiger partial charge in [0.05, 0.1) is 0 Å². The molecule has 1 aliphatic heterocycles. The Labute approximate surface area is 148 Å². The van der Waals surface area contributed by atoms with Crippen molar-refractivity contribution in [1.29, 1.82) is 0 Å². The molecule has 1 spiro atoms. The number of benzene rings is 1. The second-order valence-corrected chi connectivity index (χ2v) is 7.98. The van der Waals surface area contributed by atoms with Gasteiger partial charge in [0.2, 0.25) is 0 Å². The van der Waals surface area contributed by atoms with E-state index >= 15 is 0 Å². The van der Waals surface area contributed by atoms with Gasteiger partial charge < -0.3 is 19.7 Å². The SMILES string of the molecule is CC(C)(C)OC(=O)N1CC[C@@]2(C[C@H]2NC(=O)OCc2ccccc2)C1. The minimum Gasteiger partial charge on any atom is -0.445 e. The fourth-order valence-corrected chi connectivity index (χ4v) is 3.29. The highest BCUT2D eigenvalue weighted by atomic mass is 16.6. The van der Waals surface area contributed by atoms with Crippen molar-refractivity contribution in [2.75, 3.05) is 13.1 Å². The molecular formula is C19H26N2O4. The monoisotopic (exact) mass is 346 g/mol. The maximum Gasteiger partial charge on any atom is 0.410 e. The van der Waals surface area contributed by atoms with Crippen LogP contribution >= 0.6 is 0 Å². The molecule has 1 N–H and O–H groups in total. The Bertz CT molecular complexity index is 641. The molecule has 136 valence electrons. The molecule has 1 saturated heterocycles. The second-order valence-electron chi connectivity index (χ2n) is 7.98. The first-order valence-corrected chi connectivity index (χ1v) is 8.73. The number of hydrogen-bond donors (Lipinski definition) is 1. The zero-order valence-corrected chi connectivity index (χ0v) is 15.1. The average molecular weight is 346 g/mol. The molecule has 2 atom stereocenters. The van der Waals surface area contributed by atoms with Crippen molar-refractivity contribution in [3.05, 3.63) is 35.9 Å². The topological polar surface area (TPSA) is 67.9 Å². The number of ether oxygens (including phenoxy) is 2. The number of nitrogens with zero attached hydrogens (tertiary/aromatic N) is 1. The molecule has 6 heteroatoms. The molecule has 0 unspecified atom stereocenters. The molecule has 3 rings (SSSR count). The summed E-state index contributed by atoms with van der Waals surface area (Å²) < 4.78 is 10.7. The van der Waals surface area contributed by atoms with Gasteiger partial charge in [-0.2, -0.15) is 0 Å². The molecule has 2 amide bonds. The van der Waals surface area contributed by atoms with Crippen molar-refractivity contribution >= 4 is 12.2 Å². The quantitative estimate of drug-likeness (QED) is 0.912. The largest absolute Gasteiger partial charge is 0.445 e. The third kappa shape index (κ3) is 4.44. The maximum atomic E-state index is 12.2. The fourth-order valence-electron chi connectivity index (χ4n) is 3.29. The maximum absolute atomic E-state index is 12.2. The van der Waals surface area contributed by atoms with Gasteiger partial charge in [-0.15, -0.1) is 0 Å². The predicted molar refractivity (Wildman–Crippen MR) is 93.0 cm³/mol. The van der Waals surface area contributed by atoms with Crippen LogP contribution in [0.25, 0.3) is 0 Å². The van der Waals surface area contributed by atoms with E-state index in [9.17, 15) is 9.59 Å². The van der Waals surface area contributed by atoms with E-state index in [4.69, 9.17) is 9.47 Å². The molecule has 25 heavy (non-hydrogen) atoms. The van der Waals surface area contributed by atoms with E-state index in [2.05, 4.69) is 5.32 Å². The highest BCUT2D eigenvalue weighted by Gasteiger charge is 2.59. The number of alkyl carbamates (subject to hydrolysis) is 1. The van der Waals surface area contributed by atoms with Crippen LogP contribution < -0.4 is 5.32 Å². The van der Waals surface area contributed by atoms with Gasteiger partial charge in [-0.25, -0.2) is 9.59 Å². The van der Waals surface area contributed by atoms with Gasteiger partial charge in [0.15, 0.2) is 0 Å². The van der Waals surface area contributed by atoms with E-state index < -0.39 is 11.7 Å². The van der Waals surface area contributed by atoms with Crippen LogP contribution in [-0.2, 0) is 16.1 Å². The Morgan fingerprint density at radius 1 is 1.28 bits per heavy atom. The lowest BCUT2D eigenvalue weighted by Gasteiger charge is -2.24. The molecule has 1 aromatic rings. The van der Waals surface area contributed by atoms with Gasteiger partial charge in [-0.3, -0.25) is 0 Å². The predicted octanol–water partition coefficient (Wildman–Crippen LogP) is 3.31. The molecular weight excluding hydrogens is 320 g/mol. The van der Waals surface area contributed by atoms with Gasteiger partial charge in [0, 0.05) is 24.5 Å². The summed E-state index contributed by atoms with van der Waals surface area (Å²) in [5.74, 6) is 0. The van der Waals surface area contributed by atoms with Crippen LogP contribution in [0.2, 0.25) is 0 Å². The van der Waals surface area contributed by atoms with Crippen LogP contribution in [0, 0.1) is 5.41 Å². The number of carbonyl (C=O) groups is 2. The fraction of sp³-hybridized carbons (Fsp3) is 0.579. The number of hydrogen-bond acceptors (Lipinski definition) is 4. The van der Waals surface area contributed by atoms with Crippen molar-refractivity contribution in [2.45, 2.75) is 51.9 Å². The lowest BCUT2D eigenvalue weighted by atomic mass is 10.1. The molecule has 1 saturated carbocycles. The summed E-state index contributed by atoms with van der Waals surface area (Å²) in [6.07, 6.45) is 1.09. The van der Waals surface area contributed by atoms with Crippen LogP contribution in [0.15, 0.2) is 30.3 Å². The average Bonchev–Trinajstić information content (AvgIpc) is 3.00. The Balaban J connectivity index is 1.43. The number of rotatable bonds is 3. The van der Waals surface area contributed by atoms with Gasteiger partial charge in [-0.05, 0) is 39.2 Å². The zero-order valence-electron chi connectivity index (χ0n) is 15.1. The van der Waals surface area contributed by atoms with E-state index in [0.717, 1.165) is 18.4 Å². The van der Waals surface area contributed by atoms with Crippen molar-refractivity contribution in [2.24, 2.45) is 5.41 Å². The van der Waals surface area contributed by atoms with Gasteiger partial charge in [0.25, 0.3) is 0 Å². The first-order chi connectivity index (χ1) is 11.8. The molecule has 0 radical (unpaired) electrons. The molecule has 1 aromatic carbocycles. The Kier molecular flexibility index (Phi) is 4.62. The molecule has 1 aliphatic carbocycles. The smallest absolute Gasteiger partial charge is 0.410 e. The number of nitrogens with one attached hydrogen (secondary N) is 1. The van der Waals surface area contributed by atoms with Crippen molar-refractivity contribution in [1.82, 2.24) is 10.2 Å². The first-order valence-electron chi connectivity index (χ1n) is 8.73. The summed E-state index contributed by atoms with van der Waals surface area (Å²) in [4.78, 5) is 25.9. The molecule has 2 aliphatic rings. The van der Waals surface area contributed by atoms with E-state index in [0.29, 0.717) is 13.1 Å². The molecule has 1 heterocycles. The van der Waals surface area contributed by atoms with Crippen molar-refractivity contribution in [3.8, 4) is 0 Å². The van der Waals surface area contributed by atoms with Crippen LogP contribution in [0.4, 0.5) is 9.59 Å². The number of carbonyl (C=O) groups excluding carboxylic acids is 2.